The summed E-state index contributed by atoms with van der Waals surface area (Å²) >= 11 is 1.54. The maximum absolute atomic E-state index is 13.3. The van der Waals surface area contributed by atoms with Gasteiger partial charge in [0, 0.05) is 11.4 Å². The number of fused-ring (bicyclic) bond motifs is 2. The maximum Gasteiger partial charge on any atom is 0.275 e. The molecule has 1 aliphatic rings. The maximum atomic E-state index is 13.3. The van der Waals surface area contributed by atoms with E-state index < -0.39 is 0 Å². The third-order valence-electron chi connectivity index (χ3n) is 6.36. The van der Waals surface area contributed by atoms with Gasteiger partial charge in [0.25, 0.3) is 5.56 Å². The van der Waals surface area contributed by atoms with Crippen LogP contribution in [0.2, 0.25) is 0 Å². The molecule has 0 aliphatic carbocycles. The van der Waals surface area contributed by atoms with Gasteiger partial charge in [-0.2, -0.15) is 0 Å². The van der Waals surface area contributed by atoms with Gasteiger partial charge >= 0.3 is 0 Å². The normalized spacial score (nSPS) is 16.1. The van der Waals surface area contributed by atoms with Crippen molar-refractivity contribution in [1.82, 2.24) is 14.5 Å². The molecule has 0 saturated carbocycles. The van der Waals surface area contributed by atoms with Gasteiger partial charge in [0.1, 0.15) is 11.0 Å². The number of thiophene rings is 1. The first kappa shape index (κ1) is 22.6. The van der Waals surface area contributed by atoms with Crippen LogP contribution < -0.4 is 15.8 Å². The molecule has 0 spiro atoms. The third-order valence-corrected chi connectivity index (χ3v) is 7.55. The van der Waals surface area contributed by atoms with Gasteiger partial charge < -0.3 is 15.1 Å². The number of allylic oxidation sites excluding steroid dienone is 2. The lowest BCUT2D eigenvalue weighted by Crippen LogP contribution is -2.35. The molecular weight excluding hydrogens is 418 g/mol. The van der Waals surface area contributed by atoms with E-state index in [0.29, 0.717) is 4.70 Å². The van der Waals surface area contributed by atoms with Crippen LogP contribution in [0.3, 0.4) is 0 Å². The predicted molar refractivity (Wildman–Crippen MR) is 137 cm³/mol. The molecule has 2 aromatic heterocycles. The Labute approximate surface area is 194 Å². The van der Waals surface area contributed by atoms with Gasteiger partial charge in [-0.25, -0.2) is 4.98 Å². The van der Waals surface area contributed by atoms with E-state index in [9.17, 15) is 4.79 Å². The SMILES string of the molecule is C/C=C(\CC)c1cc2ncn(-c3ccc4c(c3)NC(C)N4CCCN(C)CC)c(=O)c2s1. The van der Waals surface area contributed by atoms with E-state index in [0.717, 1.165) is 54.2 Å². The molecule has 170 valence electrons. The zero-order valence-electron chi connectivity index (χ0n) is 19.7. The van der Waals surface area contributed by atoms with Gasteiger partial charge in [0.05, 0.1) is 28.7 Å². The summed E-state index contributed by atoms with van der Waals surface area (Å²) in [4.78, 5) is 23.7. The van der Waals surface area contributed by atoms with Crippen LogP contribution in [0.5, 0.6) is 0 Å². The molecule has 0 radical (unpaired) electrons. The number of benzene rings is 1. The number of nitrogens with one attached hydrogen (secondary N) is 1. The molecular formula is C25H33N5OS. The van der Waals surface area contributed by atoms with Crippen LogP contribution in [0.25, 0.3) is 21.5 Å². The fraction of sp³-hybridized carbons (Fsp3) is 0.440. The van der Waals surface area contributed by atoms with Crippen molar-refractivity contribution < 1.29 is 0 Å². The van der Waals surface area contributed by atoms with Gasteiger partial charge in [-0.3, -0.25) is 9.36 Å². The molecule has 1 unspecified atom stereocenters. The first-order chi connectivity index (χ1) is 15.5. The summed E-state index contributed by atoms with van der Waals surface area (Å²) in [6.07, 6.45) is 6.06. The van der Waals surface area contributed by atoms with Crippen LogP contribution in [-0.4, -0.2) is 47.3 Å². The van der Waals surface area contributed by atoms with E-state index in [2.05, 4.69) is 66.1 Å². The molecule has 6 nitrogen and oxygen atoms in total. The van der Waals surface area contributed by atoms with Crippen molar-refractivity contribution in [3.05, 3.63) is 51.9 Å². The highest BCUT2D eigenvalue weighted by Gasteiger charge is 2.25. The van der Waals surface area contributed by atoms with Gasteiger partial charge in [-0.05, 0) is 76.7 Å². The number of rotatable bonds is 8. The lowest BCUT2D eigenvalue weighted by Gasteiger charge is -2.25. The standard InChI is InChI=1S/C25H33N5OS/c1-6-18(7-2)23-15-21-24(32-23)25(31)30(16-26-21)19-10-11-22-20(14-19)27-17(4)29(22)13-9-12-28(5)8-3/h6,10-11,14-17,27H,7-9,12-13H2,1-5H3/b18-6+. The van der Waals surface area contributed by atoms with Gasteiger partial charge in [0.15, 0.2) is 0 Å². The monoisotopic (exact) mass is 451 g/mol. The Hall–Kier alpha value is -2.64. The summed E-state index contributed by atoms with van der Waals surface area (Å²) in [5.41, 5.74) is 5.12. The number of hydrogen-bond donors (Lipinski definition) is 1. The van der Waals surface area contributed by atoms with Crippen LogP contribution in [0, 0.1) is 0 Å². The average Bonchev–Trinajstić information content (AvgIpc) is 3.36. The smallest absolute Gasteiger partial charge is 0.275 e. The fourth-order valence-electron chi connectivity index (χ4n) is 4.31. The van der Waals surface area contributed by atoms with Crippen molar-refractivity contribution >= 4 is 38.5 Å². The molecule has 0 amide bonds. The predicted octanol–water partition coefficient (Wildman–Crippen LogP) is 5.18. The topological polar surface area (TPSA) is 53.4 Å². The second-order valence-corrected chi connectivity index (χ2v) is 9.43. The second kappa shape index (κ2) is 9.46. The van der Waals surface area contributed by atoms with Crippen LogP contribution >= 0.6 is 11.3 Å². The molecule has 3 aromatic rings. The highest BCUT2D eigenvalue weighted by Crippen LogP contribution is 2.36. The Bertz CT molecular complexity index is 1190. The minimum absolute atomic E-state index is 0.0109. The molecule has 1 atom stereocenters. The van der Waals surface area contributed by atoms with E-state index in [4.69, 9.17) is 0 Å². The van der Waals surface area contributed by atoms with Crippen LogP contribution in [0.15, 0.2) is 41.5 Å². The number of nitrogens with zero attached hydrogens (tertiary/aromatic N) is 4. The molecule has 3 heterocycles. The summed E-state index contributed by atoms with van der Waals surface area (Å²) < 4.78 is 2.37. The molecule has 1 N–H and O–H groups in total. The molecule has 0 bridgehead atoms. The number of anilines is 2. The first-order valence-electron chi connectivity index (χ1n) is 11.5. The average molecular weight is 452 g/mol. The lowest BCUT2D eigenvalue weighted by atomic mass is 10.1. The summed E-state index contributed by atoms with van der Waals surface area (Å²) in [7, 11) is 2.16. The zero-order chi connectivity index (χ0) is 22.8. The van der Waals surface area contributed by atoms with Gasteiger partial charge in [-0.15, -0.1) is 11.3 Å². The van der Waals surface area contributed by atoms with E-state index in [1.807, 2.05) is 19.1 Å². The van der Waals surface area contributed by atoms with Crippen molar-refractivity contribution in [2.45, 2.75) is 46.7 Å². The van der Waals surface area contributed by atoms with Crippen molar-refractivity contribution in [3.63, 3.8) is 0 Å². The quantitative estimate of drug-likeness (QED) is 0.511. The number of hydrogen-bond acceptors (Lipinski definition) is 6. The van der Waals surface area contributed by atoms with Crippen LogP contribution in [0.4, 0.5) is 11.4 Å². The van der Waals surface area contributed by atoms with E-state index >= 15 is 0 Å². The van der Waals surface area contributed by atoms with Crippen molar-refractivity contribution in [2.75, 3.05) is 36.9 Å². The summed E-state index contributed by atoms with van der Waals surface area (Å²) in [5, 5.41) is 3.57. The molecule has 0 saturated heterocycles. The molecule has 0 fully saturated rings. The Balaban J connectivity index is 1.62. The van der Waals surface area contributed by atoms with Crippen molar-refractivity contribution in [3.8, 4) is 5.69 Å². The Morgan fingerprint density at radius 3 is 2.84 bits per heavy atom. The fourth-order valence-corrected chi connectivity index (χ4v) is 5.50. The van der Waals surface area contributed by atoms with Gasteiger partial charge in [-0.1, -0.05) is 19.9 Å². The molecule has 32 heavy (non-hydrogen) atoms. The minimum atomic E-state index is -0.0109. The summed E-state index contributed by atoms with van der Waals surface area (Å²) in [6.45, 7) is 11.7. The first-order valence-corrected chi connectivity index (χ1v) is 12.3. The molecule has 4 rings (SSSR count). The van der Waals surface area contributed by atoms with Crippen LogP contribution in [0.1, 0.15) is 45.4 Å². The zero-order valence-corrected chi connectivity index (χ0v) is 20.5. The Morgan fingerprint density at radius 2 is 2.12 bits per heavy atom. The highest BCUT2D eigenvalue weighted by molar-refractivity contribution is 7.19. The van der Waals surface area contributed by atoms with Crippen LogP contribution in [-0.2, 0) is 0 Å². The van der Waals surface area contributed by atoms with E-state index in [1.165, 1.54) is 22.6 Å². The summed E-state index contributed by atoms with van der Waals surface area (Å²) in [6, 6.07) is 8.24. The minimum Gasteiger partial charge on any atom is -0.364 e. The molecule has 1 aliphatic heterocycles. The lowest BCUT2D eigenvalue weighted by molar-refractivity contribution is 0.347. The second-order valence-electron chi connectivity index (χ2n) is 8.38. The highest BCUT2D eigenvalue weighted by atomic mass is 32.1. The largest absolute Gasteiger partial charge is 0.364 e. The number of aromatic nitrogens is 2. The van der Waals surface area contributed by atoms with Crippen molar-refractivity contribution in [1.29, 1.82) is 0 Å². The molecule has 7 heteroatoms. The third kappa shape index (κ3) is 4.19. The van der Waals surface area contributed by atoms with E-state index in [1.54, 1.807) is 10.9 Å². The Kier molecular flexibility index (Phi) is 6.67. The molecule has 1 aromatic carbocycles. The Morgan fingerprint density at radius 1 is 1.31 bits per heavy atom. The summed E-state index contributed by atoms with van der Waals surface area (Å²) in [5.74, 6) is 0. The van der Waals surface area contributed by atoms with E-state index in [-0.39, 0.29) is 11.7 Å². The van der Waals surface area contributed by atoms with Gasteiger partial charge in [0.2, 0.25) is 0 Å². The van der Waals surface area contributed by atoms with Crippen molar-refractivity contribution in [2.24, 2.45) is 0 Å².